The fraction of sp³-hybridized carbons (Fsp3) is 0.955. The third-order valence-electron chi connectivity index (χ3n) is 6.25. The topological polar surface area (TPSA) is 119 Å². The molecule has 2 fully saturated rings. The van der Waals surface area contributed by atoms with Crippen molar-refractivity contribution < 1.29 is 14.7 Å². The van der Waals surface area contributed by atoms with Gasteiger partial charge in [0, 0.05) is 69.5 Å². The number of nitrogens with one attached hydrogen (secondary N) is 6. The molecule has 1 saturated carbocycles. The molecule has 2 aliphatic rings. The largest absolute Gasteiger partial charge is 0.481 e. The van der Waals surface area contributed by atoms with E-state index in [9.17, 15) is 4.79 Å². The third-order valence-corrected chi connectivity index (χ3v) is 6.25. The van der Waals surface area contributed by atoms with Crippen LogP contribution in [0, 0.1) is 0 Å². The molecule has 182 valence electrons. The van der Waals surface area contributed by atoms with Gasteiger partial charge in [0.25, 0.3) is 0 Å². The van der Waals surface area contributed by atoms with Gasteiger partial charge in [-0.2, -0.15) is 0 Å². The van der Waals surface area contributed by atoms with Gasteiger partial charge < -0.3 is 36.5 Å². The number of hydrogen-bond donors (Lipinski definition) is 7. The Morgan fingerprint density at radius 2 is 1.61 bits per heavy atom. The summed E-state index contributed by atoms with van der Waals surface area (Å²) < 4.78 is 0. The van der Waals surface area contributed by atoms with Crippen LogP contribution in [0.4, 0.5) is 0 Å². The van der Waals surface area contributed by atoms with Crippen molar-refractivity contribution in [1.29, 1.82) is 0 Å². The molecule has 0 radical (unpaired) electrons. The highest BCUT2D eigenvalue weighted by Gasteiger charge is 2.25. The monoisotopic (exact) mass is 442 g/mol. The molecule has 0 aromatic heterocycles. The van der Waals surface area contributed by atoms with Gasteiger partial charge in [-0.25, -0.2) is 5.48 Å². The molecule has 0 bridgehead atoms. The predicted octanol–water partition coefficient (Wildman–Crippen LogP) is 0.181. The van der Waals surface area contributed by atoms with Crippen LogP contribution in [-0.4, -0.2) is 87.2 Å². The van der Waals surface area contributed by atoms with E-state index in [1.54, 1.807) is 0 Å². The second-order valence-corrected chi connectivity index (χ2v) is 9.16. The average Bonchev–Trinajstić information content (AvgIpc) is 2.76. The van der Waals surface area contributed by atoms with Gasteiger partial charge in [0.05, 0.1) is 13.0 Å². The maximum Gasteiger partial charge on any atom is 0.305 e. The summed E-state index contributed by atoms with van der Waals surface area (Å²) in [5, 5.41) is 27.3. The number of fused-ring (bicyclic) bond motifs is 1. The minimum Gasteiger partial charge on any atom is -0.481 e. The number of hydroxylamine groups is 1. The summed E-state index contributed by atoms with van der Waals surface area (Å²) in [7, 11) is 0. The Balaban J connectivity index is 1.81. The Morgan fingerprint density at radius 3 is 2.39 bits per heavy atom. The molecule has 7 N–H and O–H groups in total. The summed E-state index contributed by atoms with van der Waals surface area (Å²) in [6.07, 6.45) is 7.15. The van der Waals surface area contributed by atoms with E-state index in [1.165, 1.54) is 25.7 Å². The molecule has 0 aromatic rings. The Labute approximate surface area is 188 Å². The maximum atomic E-state index is 10.5. The molecular weight excluding hydrogens is 396 g/mol. The van der Waals surface area contributed by atoms with Crippen molar-refractivity contribution in [2.24, 2.45) is 0 Å². The number of carboxylic acids is 1. The lowest BCUT2D eigenvalue weighted by Gasteiger charge is -2.34. The summed E-state index contributed by atoms with van der Waals surface area (Å²) in [4.78, 5) is 15.7. The van der Waals surface area contributed by atoms with E-state index in [0.29, 0.717) is 30.2 Å². The SMILES string of the molecule is C[C@@H]1CN[C@@H](CCCNOCCC(=O)O)CNC2CCCCC2NCCN[C@@H](C)CN1. The minimum atomic E-state index is -0.837. The van der Waals surface area contributed by atoms with Crippen LogP contribution < -0.4 is 32.1 Å². The number of carboxylic acid groups (broad SMARTS) is 1. The summed E-state index contributed by atoms with van der Waals surface area (Å²) >= 11 is 0. The molecule has 9 nitrogen and oxygen atoms in total. The molecule has 1 heterocycles. The first-order chi connectivity index (χ1) is 15.0. The van der Waals surface area contributed by atoms with Crippen LogP contribution >= 0.6 is 0 Å². The van der Waals surface area contributed by atoms with Gasteiger partial charge in [-0.3, -0.25) is 4.79 Å². The molecule has 0 spiro atoms. The second-order valence-electron chi connectivity index (χ2n) is 9.16. The summed E-state index contributed by atoms with van der Waals surface area (Å²) in [6, 6.07) is 2.35. The minimum absolute atomic E-state index is 0.0245. The fourth-order valence-corrected chi connectivity index (χ4v) is 4.33. The van der Waals surface area contributed by atoms with Gasteiger partial charge in [-0.1, -0.05) is 12.8 Å². The van der Waals surface area contributed by atoms with Crippen LogP contribution in [0.3, 0.4) is 0 Å². The molecule has 2 rings (SSSR count). The van der Waals surface area contributed by atoms with Crippen LogP contribution in [-0.2, 0) is 9.63 Å². The average molecular weight is 443 g/mol. The number of carbonyl (C=O) groups is 1. The van der Waals surface area contributed by atoms with Gasteiger partial charge in [0.15, 0.2) is 0 Å². The van der Waals surface area contributed by atoms with Crippen LogP contribution in [0.15, 0.2) is 0 Å². The zero-order valence-electron chi connectivity index (χ0n) is 19.5. The lowest BCUT2D eigenvalue weighted by atomic mass is 9.90. The van der Waals surface area contributed by atoms with E-state index in [-0.39, 0.29) is 13.0 Å². The Bertz CT molecular complexity index is 484. The first-order valence-corrected chi connectivity index (χ1v) is 12.3. The van der Waals surface area contributed by atoms with Crippen molar-refractivity contribution in [3.05, 3.63) is 0 Å². The Hall–Kier alpha value is -0.810. The van der Waals surface area contributed by atoms with E-state index in [4.69, 9.17) is 9.94 Å². The van der Waals surface area contributed by atoms with Crippen LogP contribution in [0.5, 0.6) is 0 Å². The van der Waals surface area contributed by atoms with E-state index in [0.717, 1.165) is 52.1 Å². The highest BCUT2D eigenvalue weighted by Crippen LogP contribution is 2.18. The Kier molecular flexibility index (Phi) is 13.6. The molecular formula is C22H46N6O3. The summed E-state index contributed by atoms with van der Waals surface area (Å²) in [5.74, 6) is -0.837. The molecule has 0 amide bonds. The summed E-state index contributed by atoms with van der Waals surface area (Å²) in [6.45, 7) is 10.3. The van der Waals surface area contributed by atoms with Gasteiger partial charge in [0.1, 0.15) is 0 Å². The molecule has 1 aliphatic heterocycles. The van der Waals surface area contributed by atoms with Crippen molar-refractivity contribution >= 4 is 5.97 Å². The van der Waals surface area contributed by atoms with Crippen LogP contribution in [0.25, 0.3) is 0 Å². The van der Waals surface area contributed by atoms with Gasteiger partial charge >= 0.3 is 5.97 Å². The number of rotatable bonds is 8. The molecule has 0 aromatic carbocycles. The lowest BCUT2D eigenvalue weighted by Crippen LogP contribution is -2.54. The zero-order chi connectivity index (χ0) is 22.3. The normalized spacial score (nSPS) is 31.9. The fourth-order valence-electron chi connectivity index (χ4n) is 4.33. The molecule has 2 unspecified atom stereocenters. The van der Waals surface area contributed by atoms with Crippen molar-refractivity contribution in [2.75, 3.05) is 45.9 Å². The first kappa shape index (κ1) is 26.4. The standard InChI is InChI=1S/C22H46N6O3/c1-17-14-25-18(2)15-26-19(6-5-10-28-31-13-9-22(29)30)16-27-21-8-4-3-7-20(21)24-12-11-23-17/h17-21,23-28H,3-16H2,1-2H3,(H,29,30)/t17-,18+,19-,20?,21?/m0/s1. The smallest absolute Gasteiger partial charge is 0.305 e. The molecule has 5 atom stereocenters. The van der Waals surface area contributed by atoms with Crippen molar-refractivity contribution in [3.63, 3.8) is 0 Å². The molecule has 31 heavy (non-hydrogen) atoms. The lowest BCUT2D eigenvalue weighted by molar-refractivity contribution is -0.138. The van der Waals surface area contributed by atoms with E-state index in [2.05, 4.69) is 45.9 Å². The van der Waals surface area contributed by atoms with Crippen molar-refractivity contribution in [1.82, 2.24) is 32.1 Å². The number of aliphatic carboxylic acids is 1. The highest BCUT2D eigenvalue weighted by molar-refractivity contribution is 5.66. The first-order valence-electron chi connectivity index (χ1n) is 12.3. The number of hydrogen-bond acceptors (Lipinski definition) is 8. The highest BCUT2D eigenvalue weighted by atomic mass is 16.6. The van der Waals surface area contributed by atoms with E-state index in [1.807, 2.05) is 0 Å². The van der Waals surface area contributed by atoms with Crippen molar-refractivity contribution in [3.8, 4) is 0 Å². The van der Waals surface area contributed by atoms with Crippen LogP contribution in [0.1, 0.15) is 58.8 Å². The van der Waals surface area contributed by atoms with E-state index < -0.39 is 5.97 Å². The zero-order valence-corrected chi connectivity index (χ0v) is 19.5. The van der Waals surface area contributed by atoms with Gasteiger partial charge in [0.2, 0.25) is 0 Å². The van der Waals surface area contributed by atoms with Crippen LogP contribution in [0.2, 0.25) is 0 Å². The van der Waals surface area contributed by atoms with E-state index >= 15 is 0 Å². The molecule has 1 aliphatic carbocycles. The predicted molar refractivity (Wildman–Crippen MR) is 124 cm³/mol. The molecule has 9 heteroatoms. The summed E-state index contributed by atoms with van der Waals surface area (Å²) in [5.41, 5.74) is 2.89. The van der Waals surface area contributed by atoms with Gasteiger partial charge in [-0.05, 0) is 39.5 Å². The quantitative estimate of drug-likeness (QED) is 0.209. The Morgan fingerprint density at radius 1 is 0.935 bits per heavy atom. The maximum absolute atomic E-state index is 10.5. The second kappa shape index (κ2) is 15.9. The third kappa shape index (κ3) is 12.1. The molecule has 1 saturated heterocycles. The van der Waals surface area contributed by atoms with Crippen molar-refractivity contribution in [2.45, 2.75) is 89.0 Å². The van der Waals surface area contributed by atoms with Gasteiger partial charge in [-0.15, -0.1) is 0 Å².